The molecule has 3 amide bonds. The smallest absolute Gasteiger partial charge is 0.317 e. The average molecular weight is 489 g/mol. The molecule has 0 spiro atoms. The lowest BCUT2D eigenvalue weighted by Gasteiger charge is -2.33. The van der Waals surface area contributed by atoms with Gasteiger partial charge >= 0.3 is 11.8 Å². The monoisotopic (exact) mass is 488 g/mol. The zero-order valence-electron chi connectivity index (χ0n) is 20.4. The highest BCUT2D eigenvalue weighted by Gasteiger charge is 2.37. The van der Waals surface area contributed by atoms with Crippen molar-refractivity contribution >= 4 is 23.4 Å². The molecule has 2 aromatic carbocycles. The van der Waals surface area contributed by atoms with Gasteiger partial charge in [-0.25, -0.2) is 0 Å². The van der Waals surface area contributed by atoms with E-state index in [0.717, 1.165) is 5.56 Å². The Morgan fingerprint density at radius 1 is 1.00 bits per heavy atom. The first-order chi connectivity index (χ1) is 17.2. The fourth-order valence-electron chi connectivity index (χ4n) is 3.79. The van der Waals surface area contributed by atoms with Crippen molar-refractivity contribution in [2.24, 2.45) is 0 Å². The number of aromatic nitrogens is 1. The SMILES string of the molecule is CC(C)(C)NC(=O)[C@H](c1ccccc1)N(C(=O)C(=O)NCc1ccc2c(c1)OCO2)c1cccnc1. The summed E-state index contributed by atoms with van der Waals surface area (Å²) in [7, 11) is 0. The molecule has 2 N–H and O–H groups in total. The van der Waals surface area contributed by atoms with Crippen LogP contribution in [0, 0.1) is 0 Å². The molecule has 9 heteroatoms. The first-order valence-electron chi connectivity index (χ1n) is 11.5. The fraction of sp³-hybridized carbons (Fsp3) is 0.259. The second-order valence-corrected chi connectivity index (χ2v) is 9.31. The average Bonchev–Trinajstić information content (AvgIpc) is 3.33. The van der Waals surface area contributed by atoms with Gasteiger partial charge in [0.25, 0.3) is 0 Å². The third-order valence-corrected chi connectivity index (χ3v) is 5.35. The van der Waals surface area contributed by atoms with E-state index in [-0.39, 0.29) is 13.3 Å². The minimum Gasteiger partial charge on any atom is -0.454 e. The Morgan fingerprint density at radius 2 is 1.75 bits per heavy atom. The van der Waals surface area contributed by atoms with Gasteiger partial charge in [-0.1, -0.05) is 36.4 Å². The Bertz CT molecular complexity index is 1240. The fourth-order valence-corrected chi connectivity index (χ4v) is 3.79. The van der Waals surface area contributed by atoms with Crippen LogP contribution < -0.4 is 25.0 Å². The van der Waals surface area contributed by atoms with Gasteiger partial charge in [-0.3, -0.25) is 24.3 Å². The normalized spacial score (nSPS) is 13.0. The van der Waals surface area contributed by atoms with Gasteiger partial charge in [0.1, 0.15) is 6.04 Å². The van der Waals surface area contributed by atoms with Crippen molar-refractivity contribution in [2.75, 3.05) is 11.7 Å². The third kappa shape index (κ3) is 5.80. The summed E-state index contributed by atoms with van der Waals surface area (Å²) in [5.74, 6) is -0.968. The summed E-state index contributed by atoms with van der Waals surface area (Å²) in [4.78, 5) is 45.5. The van der Waals surface area contributed by atoms with Crippen LogP contribution in [-0.4, -0.2) is 35.0 Å². The minimum absolute atomic E-state index is 0.0896. The highest BCUT2D eigenvalue weighted by atomic mass is 16.7. The van der Waals surface area contributed by atoms with E-state index in [1.807, 2.05) is 26.8 Å². The number of hydrogen-bond acceptors (Lipinski definition) is 6. The summed E-state index contributed by atoms with van der Waals surface area (Å²) in [6, 6.07) is 16.3. The van der Waals surface area contributed by atoms with Crippen LogP contribution in [0.1, 0.15) is 37.9 Å². The molecule has 1 atom stereocenters. The van der Waals surface area contributed by atoms with Gasteiger partial charge in [-0.05, 0) is 56.2 Å². The number of amides is 3. The zero-order valence-corrected chi connectivity index (χ0v) is 20.4. The van der Waals surface area contributed by atoms with Crippen molar-refractivity contribution in [3.8, 4) is 11.5 Å². The van der Waals surface area contributed by atoms with E-state index >= 15 is 0 Å². The highest BCUT2D eigenvalue weighted by molar-refractivity contribution is 6.41. The molecule has 0 bridgehead atoms. The molecular formula is C27H28N4O5. The zero-order chi connectivity index (χ0) is 25.7. The van der Waals surface area contributed by atoms with Crippen molar-refractivity contribution < 1.29 is 23.9 Å². The maximum absolute atomic E-state index is 13.6. The molecule has 1 aromatic heterocycles. The van der Waals surface area contributed by atoms with E-state index in [9.17, 15) is 14.4 Å². The Hall–Kier alpha value is -4.40. The number of nitrogens with one attached hydrogen (secondary N) is 2. The third-order valence-electron chi connectivity index (χ3n) is 5.35. The van der Waals surface area contributed by atoms with Crippen LogP contribution in [0.15, 0.2) is 73.1 Å². The van der Waals surface area contributed by atoms with Gasteiger partial charge in [-0.15, -0.1) is 0 Å². The number of rotatable bonds is 6. The molecule has 36 heavy (non-hydrogen) atoms. The predicted octanol–water partition coefficient (Wildman–Crippen LogP) is 3.12. The largest absolute Gasteiger partial charge is 0.454 e. The Labute approximate surface area is 209 Å². The van der Waals surface area contributed by atoms with Crippen LogP contribution >= 0.6 is 0 Å². The van der Waals surface area contributed by atoms with Crippen LogP contribution in [0.5, 0.6) is 11.5 Å². The molecule has 186 valence electrons. The lowest BCUT2D eigenvalue weighted by atomic mass is 10.0. The van der Waals surface area contributed by atoms with Crippen LogP contribution in [0.4, 0.5) is 5.69 Å². The quantitative estimate of drug-likeness (QED) is 0.516. The molecule has 9 nitrogen and oxygen atoms in total. The Kier molecular flexibility index (Phi) is 7.19. The number of carbonyl (C=O) groups is 3. The van der Waals surface area contributed by atoms with Crippen molar-refractivity contribution in [2.45, 2.75) is 38.9 Å². The van der Waals surface area contributed by atoms with Gasteiger partial charge in [-0.2, -0.15) is 0 Å². The predicted molar refractivity (Wildman–Crippen MR) is 133 cm³/mol. The second-order valence-electron chi connectivity index (χ2n) is 9.31. The first kappa shape index (κ1) is 24.7. The standard InChI is InChI=1S/C27H28N4O5/c1-27(2,3)30-24(32)23(19-8-5-4-6-9-19)31(20-10-7-13-28-16-20)26(34)25(33)29-15-18-11-12-21-22(14-18)36-17-35-21/h4-14,16,23H,15,17H2,1-3H3,(H,29,33)(H,30,32)/t23-/m0/s1. The van der Waals surface area contributed by atoms with Crippen LogP contribution in [0.25, 0.3) is 0 Å². The molecule has 0 saturated carbocycles. The summed E-state index contributed by atoms with van der Waals surface area (Å²) >= 11 is 0. The number of fused-ring (bicyclic) bond motifs is 1. The van der Waals surface area contributed by atoms with Crippen LogP contribution in [0.3, 0.4) is 0 Å². The lowest BCUT2D eigenvalue weighted by molar-refractivity contribution is -0.138. The Balaban J connectivity index is 1.63. The Morgan fingerprint density at radius 3 is 2.44 bits per heavy atom. The molecule has 0 saturated heterocycles. The number of benzene rings is 2. The minimum atomic E-state index is -1.10. The van der Waals surface area contributed by atoms with Crippen molar-refractivity contribution in [1.82, 2.24) is 15.6 Å². The summed E-state index contributed by atoms with van der Waals surface area (Å²) in [6.07, 6.45) is 3.00. The number of pyridine rings is 1. The molecule has 0 radical (unpaired) electrons. The molecule has 1 aliphatic rings. The lowest BCUT2D eigenvalue weighted by Crippen LogP contribution is -2.52. The summed E-state index contributed by atoms with van der Waals surface area (Å²) < 4.78 is 10.7. The molecule has 2 heterocycles. The second kappa shape index (κ2) is 10.5. The van der Waals surface area contributed by atoms with Gasteiger partial charge < -0.3 is 20.1 Å². The van der Waals surface area contributed by atoms with Gasteiger partial charge in [0.05, 0.1) is 11.9 Å². The maximum atomic E-state index is 13.6. The summed E-state index contributed by atoms with van der Waals surface area (Å²) in [6.45, 7) is 5.78. The number of ether oxygens (including phenoxy) is 2. The van der Waals surface area contributed by atoms with E-state index < -0.39 is 29.3 Å². The summed E-state index contributed by atoms with van der Waals surface area (Å²) in [5.41, 5.74) is 1.05. The van der Waals surface area contributed by atoms with E-state index in [4.69, 9.17) is 9.47 Å². The van der Waals surface area contributed by atoms with E-state index in [2.05, 4.69) is 15.6 Å². The van der Waals surface area contributed by atoms with Gasteiger partial charge in [0, 0.05) is 18.3 Å². The molecule has 0 unspecified atom stereocenters. The number of hydrogen-bond donors (Lipinski definition) is 2. The maximum Gasteiger partial charge on any atom is 0.317 e. The van der Waals surface area contributed by atoms with Crippen molar-refractivity contribution in [1.29, 1.82) is 0 Å². The molecule has 0 aliphatic carbocycles. The molecule has 3 aromatic rings. The first-order valence-corrected chi connectivity index (χ1v) is 11.5. The summed E-state index contributed by atoms with van der Waals surface area (Å²) in [5, 5.41) is 5.59. The molecule has 1 aliphatic heterocycles. The highest BCUT2D eigenvalue weighted by Crippen LogP contribution is 2.32. The van der Waals surface area contributed by atoms with Crippen LogP contribution in [0.2, 0.25) is 0 Å². The number of nitrogens with zero attached hydrogens (tertiary/aromatic N) is 2. The molecular weight excluding hydrogens is 460 g/mol. The van der Waals surface area contributed by atoms with Gasteiger partial charge in [0.15, 0.2) is 11.5 Å². The van der Waals surface area contributed by atoms with E-state index in [1.54, 1.807) is 60.8 Å². The van der Waals surface area contributed by atoms with Crippen molar-refractivity contribution in [3.05, 3.63) is 84.2 Å². The van der Waals surface area contributed by atoms with Crippen LogP contribution in [-0.2, 0) is 20.9 Å². The van der Waals surface area contributed by atoms with Crippen molar-refractivity contribution in [3.63, 3.8) is 0 Å². The molecule has 4 rings (SSSR count). The molecule has 0 fully saturated rings. The van der Waals surface area contributed by atoms with E-state index in [1.165, 1.54) is 11.1 Å². The number of carbonyl (C=O) groups excluding carboxylic acids is 3. The van der Waals surface area contributed by atoms with E-state index in [0.29, 0.717) is 22.7 Å². The topological polar surface area (TPSA) is 110 Å². The van der Waals surface area contributed by atoms with Gasteiger partial charge in [0.2, 0.25) is 12.7 Å². The number of anilines is 1.